The summed E-state index contributed by atoms with van der Waals surface area (Å²) >= 11 is 0. The molecular formula is C8H13F2N3O3S. The Bertz CT molecular complexity index is 479. The van der Waals surface area contributed by atoms with Gasteiger partial charge < -0.3 is 5.11 Å². The van der Waals surface area contributed by atoms with Gasteiger partial charge in [-0.25, -0.2) is 21.9 Å². The number of aromatic amines is 1. The lowest BCUT2D eigenvalue weighted by Crippen LogP contribution is -2.39. The zero-order chi connectivity index (χ0) is 13.3. The Balaban J connectivity index is 2.91. The van der Waals surface area contributed by atoms with Gasteiger partial charge in [-0.15, -0.1) is 0 Å². The van der Waals surface area contributed by atoms with E-state index in [2.05, 4.69) is 10.2 Å². The van der Waals surface area contributed by atoms with E-state index in [0.717, 1.165) is 0 Å². The molecule has 98 valence electrons. The van der Waals surface area contributed by atoms with Gasteiger partial charge in [0.2, 0.25) is 10.0 Å². The number of halogens is 2. The number of hydrogen-bond acceptors (Lipinski definition) is 4. The van der Waals surface area contributed by atoms with Crippen LogP contribution in [0.4, 0.5) is 8.78 Å². The lowest BCUT2D eigenvalue weighted by Gasteiger charge is -2.14. The van der Waals surface area contributed by atoms with Gasteiger partial charge in [0.05, 0.1) is 17.9 Å². The minimum atomic E-state index is -4.06. The molecule has 0 aliphatic carbocycles. The first-order valence-electron chi connectivity index (χ1n) is 4.69. The zero-order valence-corrected chi connectivity index (χ0v) is 10.1. The normalized spacial score (nSPS) is 13.0. The minimum Gasteiger partial charge on any atom is -0.390 e. The number of rotatable bonds is 5. The van der Waals surface area contributed by atoms with Crippen LogP contribution in [0.2, 0.25) is 0 Å². The maximum atomic E-state index is 12.7. The molecule has 1 aromatic rings. The average molecular weight is 269 g/mol. The van der Waals surface area contributed by atoms with E-state index in [1.807, 2.05) is 0 Å². The Morgan fingerprint density at radius 3 is 2.47 bits per heavy atom. The first-order chi connectivity index (χ1) is 7.69. The molecule has 6 nitrogen and oxygen atoms in total. The largest absolute Gasteiger partial charge is 0.390 e. The van der Waals surface area contributed by atoms with Crippen molar-refractivity contribution in [1.29, 1.82) is 0 Å². The highest BCUT2D eigenvalue weighted by Crippen LogP contribution is 2.18. The molecular weight excluding hydrogens is 256 g/mol. The molecule has 3 N–H and O–H groups in total. The predicted molar refractivity (Wildman–Crippen MR) is 55.3 cm³/mol. The fourth-order valence-electron chi connectivity index (χ4n) is 1.27. The van der Waals surface area contributed by atoms with Crippen molar-refractivity contribution in [2.45, 2.75) is 24.7 Å². The van der Waals surface area contributed by atoms with Crippen LogP contribution in [0.15, 0.2) is 4.90 Å². The van der Waals surface area contributed by atoms with Crippen LogP contribution in [0, 0.1) is 13.8 Å². The van der Waals surface area contributed by atoms with E-state index < -0.39 is 29.1 Å². The smallest absolute Gasteiger partial charge is 0.283 e. The van der Waals surface area contributed by atoms with Gasteiger partial charge in [-0.05, 0) is 13.8 Å². The lowest BCUT2D eigenvalue weighted by molar-refractivity contribution is -0.0437. The van der Waals surface area contributed by atoms with Crippen molar-refractivity contribution < 1.29 is 22.3 Å². The van der Waals surface area contributed by atoms with Gasteiger partial charge in [0, 0.05) is 0 Å². The fourth-order valence-corrected chi connectivity index (χ4v) is 2.69. The van der Waals surface area contributed by atoms with E-state index in [0.29, 0.717) is 0 Å². The Kier molecular flexibility index (Phi) is 3.84. The van der Waals surface area contributed by atoms with Gasteiger partial charge in [0.15, 0.2) is 0 Å². The lowest BCUT2D eigenvalue weighted by atomic mass is 10.4. The summed E-state index contributed by atoms with van der Waals surface area (Å²) in [4.78, 5) is -0.147. The average Bonchev–Trinajstić information content (AvgIpc) is 2.57. The second-order valence-corrected chi connectivity index (χ2v) is 5.31. The van der Waals surface area contributed by atoms with Crippen LogP contribution in [0.1, 0.15) is 11.4 Å². The first-order valence-corrected chi connectivity index (χ1v) is 6.18. The molecule has 0 fully saturated rings. The van der Waals surface area contributed by atoms with E-state index >= 15 is 0 Å². The number of nitrogens with zero attached hydrogens (tertiary/aromatic N) is 1. The van der Waals surface area contributed by atoms with Gasteiger partial charge in [-0.2, -0.15) is 5.10 Å². The molecule has 9 heteroatoms. The molecule has 0 atom stereocenters. The van der Waals surface area contributed by atoms with Crippen LogP contribution in [0.25, 0.3) is 0 Å². The molecule has 0 unspecified atom stereocenters. The maximum Gasteiger partial charge on any atom is 0.283 e. The third kappa shape index (κ3) is 3.20. The molecule has 0 saturated carbocycles. The van der Waals surface area contributed by atoms with E-state index in [1.165, 1.54) is 13.8 Å². The van der Waals surface area contributed by atoms with Gasteiger partial charge in [-0.1, -0.05) is 0 Å². The summed E-state index contributed by atoms with van der Waals surface area (Å²) in [5, 5.41) is 14.4. The van der Waals surface area contributed by atoms with Gasteiger partial charge in [0.25, 0.3) is 5.92 Å². The van der Waals surface area contributed by atoms with Crippen molar-refractivity contribution in [2.24, 2.45) is 0 Å². The van der Waals surface area contributed by atoms with Gasteiger partial charge in [-0.3, -0.25) is 5.10 Å². The topological polar surface area (TPSA) is 95.1 Å². The number of aliphatic hydroxyl groups is 1. The van der Waals surface area contributed by atoms with Crippen molar-refractivity contribution in [3.8, 4) is 0 Å². The second kappa shape index (κ2) is 4.67. The molecule has 0 aliphatic rings. The van der Waals surface area contributed by atoms with Crippen LogP contribution in [0.5, 0.6) is 0 Å². The number of sulfonamides is 1. The Hall–Kier alpha value is -1.06. The monoisotopic (exact) mass is 269 g/mol. The highest BCUT2D eigenvalue weighted by Gasteiger charge is 2.31. The second-order valence-electron chi connectivity index (χ2n) is 3.60. The summed E-state index contributed by atoms with van der Waals surface area (Å²) in [6.45, 7) is 0.343. The highest BCUT2D eigenvalue weighted by molar-refractivity contribution is 7.89. The SMILES string of the molecule is Cc1n[nH]c(C)c1S(=O)(=O)NCC(F)(F)CO. The number of H-pyrrole nitrogens is 1. The van der Waals surface area contributed by atoms with E-state index in [4.69, 9.17) is 5.11 Å². The van der Waals surface area contributed by atoms with Crippen LogP contribution < -0.4 is 4.72 Å². The quantitative estimate of drug-likeness (QED) is 0.697. The summed E-state index contributed by atoms with van der Waals surface area (Å²) in [6, 6.07) is 0. The standard InChI is InChI=1S/C8H13F2N3O3S/c1-5-7(6(2)13-12-5)17(15,16)11-3-8(9,10)4-14/h11,14H,3-4H2,1-2H3,(H,12,13). The molecule has 1 heterocycles. The Labute approximate surface area is 97.1 Å². The molecule has 0 spiro atoms. The molecule has 1 aromatic heterocycles. The third-order valence-corrected chi connectivity index (χ3v) is 3.74. The number of aryl methyl sites for hydroxylation is 2. The molecule has 0 saturated heterocycles. The van der Waals surface area contributed by atoms with Gasteiger partial charge in [0.1, 0.15) is 11.5 Å². The molecule has 0 aliphatic heterocycles. The summed E-state index contributed by atoms with van der Waals surface area (Å²) < 4.78 is 50.6. The number of aliphatic hydroxyl groups excluding tert-OH is 1. The summed E-state index contributed by atoms with van der Waals surface area (Å²) in [5.41, 5.74) is 0.463. The predicted octanol–water partition coefficient (Wildman–Crippen LogP) is -0.0676. The van der Waals surface area contributed by atoms with Crippen molar-refractivity contribution in [1.82, 2.24) is 14.9 Å². The Morgan fingerprint density at radius 1 is 1.47 bits per heavy atom. The third-order valence-electron chi connectivity index (χ3n) is 2.08. The summed E-state index contributed by atoms with van der Waals surface area (Å²) in [7, 11) is -4.06. The molecule has 0 radical (unpaired) electrons. The Morgan fingerprint density at radius 2 is 2.06 bits per heavy atom. The molecule has 0 bridgehead atoms. The van der Waals surface area contributed by atoms with Crippen LogP contribution in [-0.4, -0.2) is 42.8 Å². The molecule has 1 rings (SSSR count). The van der Waals surface area contributed by atoms with Crippen molar-refractivity contribution >= 4 is 10.0 Å². The van der Waals surface area contributed by atoms with E-state index in [1.54, 1.807) is 4.72 Å². The molecule has 17 heavy (non-hydrogen) atoms. The van der Waals surface area contributed by atoms with Crippen molar-refractivity contribution in [2.75, 3.05) is 13.2 Å². The van der Waals surface area contributed by atoms with Crippen LogP contribution in [0.3, 0.4) is 0 Å². The maximum absolute atomic E-state index is 12.7. The van der Waals surface area contributed by atoms with E-state index in [9.17, 15) is 17.2 Å². The van der Waals surface area contributed by atoms with Crippen LogP contribution >= 0.6 is 0 Å². The minimum absolute atomic E-state index is 0.147. The number of hydrogen-bond donors (Lipinski definition) is 3. The highest BCUT2D eigenvalue weighted by atomic mass is 32.2. The van der Waals surface area contributed by atoms with Gasteiger partial charge >= 0.3 is 0 Å². The molecule has 0 aromatic carbocycles. The number of nitrogens with one attached hydrogen (secondary N) is 2. The van der Waals surface area contributed by atoms with Crippen molar-refractivity contribution in [3.63, 3.8) is 0 Å². The number of alkyl halides is 2. The first kappa shape index (κ1) is 14.0. The van der Waals surface area contributed by atoms with E-state index in [-0.39, 0.29) is 16.3 Å². The fraction of sp³-hybridized carbons (Fsp3) is 0.625. The van der Waals surface area contributed by atoms with Crippen molar-refractivity contribution in [3.05, 3.63) is 11.4 Å². The molecule has 0 amide bonds. The van der Waals surface area contributed by atoms with Crippen LogP contribution in [-0.2, 0) is 10.0 Å². The summed E-state index contributed by atoms with van der Waals surface area (Å²) in [6.07, 6.45) is 0. The number of aromatic nitrogens is 2. The zero-order valence-electron chi connectivity index (χ0n) is 9.29. The summed E-state index contributed by atoms with van der Waals surface area (Å²) in [5.74, 6) is -3.49.